The van der Waals surface area contributed by atoms with Gasteiger partial charge in [-0.05, 0) is 30.2 Å². The zero-order valence-electron chi connectivity index (χ0n) is 21.0. The lowest BCUT2D eigenvalue weighted by Crippen LogP contribution is -2.38. The maximum absolute atomic E-state index is 5.97. The third-order valence-corrected chi connectivity index (χ3v) is 6.48. The molecule has 0 amide bonds. The Hall–Kier alpha value is -5.04. The van der Waals surface area contributed by atoms with Crippen molar-refractivity contribution >= 4 is 0 Å². The third kappa shape index (κ3) is 4.57. The van der Waals surface area contributed by atoms with E-state index in [0.29, 0.717) is 6.73 Å². The number of hydrogen-bond acceptors (Lipinski definition) is 4. The predicted octanol–water partition coefficient (Wildman–Crippen LogP) is 6.01. The van der Waals surface area contributed by atoms with Crippen LogP contribution in [0.3, 0.4) is 0 Å². The van der Waals surface area contributed by atoms with E-state index in [2.05, 4.69) is 112 Å². The highest BCUT2D eigenvalue weighted by atomic mass is 16.5. The zero-order chi connectivity index (χ0) is 25.7. The van der Waals surface area contributed by atoms with Crippen LogP contribution in [-0.2, 0) is 13.3 Å². The van der Waals surface area contributed by atoms with Gasteiger partial charge in [-0.3, -0.25) is 0 Å². The highest BCUT2D eigenvalue weighted by Crippen LogP contribution is 2.39. The van der Waals surface area contributed by atoms with Gasteiger partial charge in [0.05, 0.1) is 11.4 Å². The summed E-state index contributed by atoms with van der Waals surface area (Å²) < 4.78 is 9.95. The van der Waals surface area contributed by atoms with E-state index in [4.69, 9.17) is 9.72 Å². The van der Waals surface area contributed by atoms with E-state index in [1.807, 2.05) is 24.3 Å². The van der Waals surface area contributed by atoms with Crippen LogP contribution in [0.1, 0.15) is 6.92 Å². The molecule has 7 nitrogen and oxygen atoms in total. The second-order valence-corrected chi connectivity index (χ2v) is 8.86. The van der Waals surface area contributed by atoms with Gasteiger partial charge < -0.3 is 9.30 Å². The molecule has 0 atom stereocenters. The fourth-order valence-electron chi connectivity index (χ4n) is 4.74. The first-order chi connectivity index (χ1) is 18.8. The van der Waals surface area contributed by atoms with Crippen LogP contribution in [0.4, 0.5) is 0 Å². The smallest absolute Gasteiger partial charge is 0.291 e. The molecule has 0 saturated heterocycles. The fraction of sp³-hybridized carbons (Fsp3) is 0.0968. The maximum Gasteiger partial charge on any atom is 0.291 e. The van der Waals surface area contributed by atoms with Crippen molar-refractivity contribution < 1.29 is 9.42 Å². The molecule has 0 bridgehead atoms. The largest absolute Gasteiger partial charge is 0.459 e. The van der Waals surface area contributed by atoms with Crippen molar-refractivity contribution in [3.8, 4) is 50.8 Å². The Morgan fingerprint density at radius 2 is 1.45 bits per heavy atom. The van der Waals surface area contributed by atoms with Crippen molar-refractivity contribution in [1.29, 1.82) is 0 Å². The lowest BCUT2D eigenvalue weighted by Gasteiger charge is -2.14. The van der Waals surface area contributed by atoms with Gasteiger partial charge in [0.1, 0.15) is 16.7 Å². The number of rotatable bonds is 8. The molecule has 0 aliphatic heterocycles. The summed E-state index contributed by atoms with van der Waals surface area (Å²) in [4.78, 5) is 5.29. The number of nitrogens with one attached hydrogen (secondary N) is 1. The summed E-state index contributed by atoms with van der Waals surface area (Å²) in [6.45, 7) is 3.25. The Bertz CT molecular complexity index is 1640. The van der Waals surface area contributed by atoms with Crippen molar-refractivity contribution in [2.45, 2.75) is 20.2 Å². The topological polar surface area (TPSA) is 72.5 Å². The van der Waals surface area contributed by atoms with Gasteiger partial charge in [-0.15, -0.1) is 4.68 Å². The third-order valence-electron chi connectivity index (χ3n) is 6.48. The molecule has 4 aromatic carbocycles. The standard InChI is InChI=1S/C31H26N6O/c1-2-37-30(24-14-7-4-8-15-24)29(23-12-5-3-6-13-23)33-31(37)28-19-10-9-18-27(28)25-16-11-17-26(20-25)38-22-36-21-32-34-35-36/h3-21H,2,22H2,1H3/p+1. The molecule has 0 radical (unpaired) electrons. The highest BCUT2D eigenvalue weighted by molar-refractivity contribution is 5.87. The van der Waals surface area contributed by atoms with Crippen LogP contribution < -0.4 is 9.42 Å². The molecule has 0 spiro atoms. The average molecular weight is 500 g/mol. The molecule has 1 N–H and O–H groups in total. The maximum atomic E-state index is 5.97. The minimum Gasteiger partial charge on any atom is -0.459 e. The molecule has 0 fully saturated rings. The van der Waals surface area contributed by atoms with Crippen LogP contribution in [0.2, 0.25) is 0 Å². The summed E-state index contributed by atoms with van der Waals surface area (Å²) >= 11 is 0. The van der Waals surface area contributed by atoms with Crippen molar-refractivity contribution in [2.24, 2.45) is 0 Å². The highest BCUT2D eigenvalue weighted by Gasteiger charge is 2.22. The van der Waals surface area contributed by atoms with E-state index in [1.165, 1.54) is 0 Å². The first kappa shape index (κ1) is 23.4. The lowest BCUT2D eigenvalue weighted by molar-refractivity contribution is -0.778. The van der Waals surface area contributed by atoms with Crippen LogP contribution >= 0.6 is 0 Å². The fourth-order valence-corrected chi connectivity index (χ4v) is 4.74. The monoisotopic (exact) mass is 499 g/mol. The van der Waals surface area contributed by atoms with Gasteiger partial charge in [-0.25, -0.2) is 4.98 Å². The van der Waals surface area contributed by atoms with Crippen molar-refractivity contribution in [1.82, 2.24) is 25.1 Å². The van der Waals surface area contributed by atoms with Gasteiger partial charge in [0, 0.05) is 23.2 Å². The Morgan fingerprint density at radius 3 is 2.16 bits per heavy atom. The van der Waals surface area contributed by atoms with E-state index in [1.54, 1.807) is 11.0 Å². The van der Waals surface area contributed by atoms with Crippen LogP contribution in [0.15, 0.2) is 116 Å². The first-order valence-corrected chi connectivity index (χ1v) is 12.6. The van der Waals surface area contributed by atoms with Crippen LogP contribution in [0.25, 0.3) is 45.0 Å². The zero-order valence-corrected chi connectivity index (χ0v) is 21.0. The SMILES string of the molecule is CCn1c(-c2ccccc2-c2cccc(OC[n+]3cnn[nH]3)c2)nc(-c2ccccc2)c1-c1ccccc1. The molecule has 186 valence electrons. The lowest BCUT2D eigenvalue weighted by atomic mass is 9.99. The van der Waals surface area contributed by atoms with E-state index in [-0.39, 0.29) is 0 Å². The second kappa shape index (κ2) is 10.5. The van der Waals surface area contributed by atoms with Gasteiger partial charge in [0.15, 0.2) is 5.21 Å². The molecular formula is C31H27N6O+. The number of benzene rings is 4. The molecule has 2 aromatic heterocycles. The summed E-state index contributed by atoms with van der Waals surface area (Å²) in [5.74, 6) is 1.69. The minimum atomic E-state index is 0.291. The average Bonchev–Trinajstić information content (AvgIpc) is 3.65. The van der Waals surface area contributed by atoms with Gasteiger partial charge in [-0.1, -0.05) is 102 Å². The minimum absolute atomic E-state index is 0.291. The van der Waals surface area contributed by atoms with Crippen molar-refractivity contribution in [2.75, 3.05) is 0 Å². The molecule has 2 heterocycles. The number of aromatic nitrogens is 6. The molecule has 0 unspecified atom stereocenters. The molecule has 0 aliphatic carbocycles. The Kier molecular flexibility index (Phi) is 6.47. The quantitative estimate of drug-likeness (QED) is 0.260. The number of H-pyrrole nitrogens is 1. The molecule has 7 heteroatoms. The molecule has 6 aromatic rings. The summed E-state index contributed by atoms with van der Waals surface area (Å²) in [7, 11) is 0. The van der Waals surface area contributed by atoms with Crippen LogP contribution in [-0.4, -0.2) is 25.1 Å². The summed E-state index contributed by atoms with van der Waals surface area (Å²) in [5, 5.41) is 10.2. The number of ether oxygens (including phenoxy) is 1. The first-order valence-electron chi connectivity index (χ1n) is 12.6. The number of imidazole rings is 1. The van der Waals surface area contributed by atoms with Crippen LogP contribution in [0.5, 0.6) is 5.75 Å². The van der Waals surface area contributed by atoms with Gasteiger partial charge >= 0.3 is 0 Å². The number of hydrogen-bond donors (Lipinski definition) is 1. The molecule has 38 heavy (non-hydrogen) atoms. The Labute approximate surface area is 221 Å². The number of tetrazole rings is 1. The molecule has 0 aliphatic rings. The predicted molar refractivity (Wildman–Crippen MR) is 147 cm³/mol. The van der Waals surface area contributed by atoms with Gasteiger partial charge in [0.25, 0.3) is 6.33 Å². The summed E-state index contributed by atoms with van der Waals surface area (Å²) in [6, 6.07) is 37.4. The van der Waals surface area contributed by atoms with Crippen molar-refractivity contribution in [3.63, 3.8) is 0 Å². The summed E-state index contributed by atoms with van der Waals surface area (Å²) in [6.07, 6.45) is 1.58. The van der Waals surface area contributed by atoms with E-state index in [9.17, 15) is 0 Å². The van der Waals surface area contributed by atoms with E-state index in [0.717, 1.165) is 57.3 Å². The Balaban J connectivity index is 1.48. The van der Waals surface area contributed by atoms with Gasteiger partial charge in [-0.2, -0.15) is 0 Å². The normalized spacial score (nSPS) is 11.0. The van der Waals surface area contributed by atoms with E-state index < -0.39 is 0 Å². The van der Waals surface area contributed by atoms with Crippen LogP contribution in [0, 0.1) is 0 Å². The number of nitrogens with zero attached hydrogens (tertiary/aromatic N) is 5. The summed E-state index contributed by atoms with van der Waals surface area (Å²) in [5.41, 5.74) is 7.55. The Morgan fingerprint density at radius 1 is 0.763 bits per heavy atom. The second-order valence-electron chi connectivity index (χ2n) is 8.86. The molecule has 6 rings (SSSR count). The van der Waals surface area contributed by atoms with Gasteiger partial charge in [0.2, 0.25) is 6.73 Å². The van der Waals surface area contributed by atoms with Crippen molar-refractivity contribution in [3.05, 3.63) is 116 Å². The van der Waals surface area contributed by atoms with E-state index >= 15 is 0 Å². The number of aromatic amines is 1. The molecular weight excluding hydrogens is 472 g/mol. The molecule has 0 saturated carbocycles.